The Morgan fingerprint density at radius 1 is 1.10 bits per heavy atom. The number of anilines is 1. The van der Waals surface area contributed by atoms with Crippen LogP contribution >= 0.6 is 0 Å². The van der Waals surface area contributed by atoms with Crippen LogP contribution in [0.25, 0.3) is 10.8 Å². The highest BCUT2D eigenvalue weighted by atomic mass is 16.2. The van der Waals surface area contributed by atoms with E-state index in [1.165, 1.54) is 0 Å². The first-order valence-corrected chi connectivity index (χ1v) is 7.56. The van der Waals surface area contributed by atoms with Crippen LogP contribution in [0, 0.1) is 0 Å². The third-order valence-corrected chi connectivity index (χ3v) is 3.86. The number of carbonyl (C=O) groups is 1. The molecule has 0 spiro atoms. The van der Waals surface area contributed by atoms with Gasteiger partial charge < -0.3 is 10.2 Å². The van der Waals surface area contributed by atoms with Crippen molar-refractivity contribution in [2.24, 2.45) is 0 Å². The van der Waals surface area contributed by atoms with Crippen LogP contribution in [0.5, 0.6) is 0 Å². The highest BCUT2D eigenvalue weighted by Gasteiger charge is 2.28. The van der Waals surface area contributed by atoms with Crippen LogP contribution in [0.15, 0.2) is 36.4 Å². The average molecular weight is 282 g/mol. The van der Waals surface area contributed by atoms with E-state index >= 15 is 0 Å². The molecule has 0 radical (unpaired) electrons. The van der Waals surface area contributed by atoms with Crippen molar-refractivity contribution in [3.8, 4) is 0 Å². The molecule has 3 heteroatoms. The number of benzene rings is 2. The van der Waals surface area contributed by atoms with E-state index in [0.717, 1.165) is 41.5 Å². The van der Waals surface area contributed by atoms with E-state index in [4.69, 9.17) is 0 Å². The summed E-state index contributed by atoms with van der Waals surface area (Å²) in [4.78, 5) is 14.5. The molecule has 2 aromatic carbocycles. The predicted octanol–water partition coefficient (Wildman–Crippen LogP) is 3.58. The molecule has 3 nitrogen and oxygen atoms in total. The summed E-state index contributed by atoms with van der Waals surface area (Å²) in [5, 5.41) is 5.72. The predicted molar refractivity (Wildman–Crippen MR) is 88.0 cm³/mol. The molecule has 0 saturated heterocycles. The normalized spacial score (nSPS) is 14.2. The zero-order valence-electron chi connectivity index (χ0n) is 12.9. The van der Waals surface area contributed by atoms with Crippen LogP contribution in [-0.4, -0.2) is 24.5 Å². The molecule has 0 aliphatic carbocycles. The van der Waals surface area contributed by atoms with Gasteiger partial charge in [-0.15, -0.1) is 0 Å². The Morgan fingerprint density at radius 3 is 2.52 bits per heavy atom. The second-order valence-corrected chi connectivity index (χ2v) is 6.67. The fraction of sp³-hybridized carbons (Fsp3) is 0.389. The van der Waals surface area contributed by atoms with Crippen molar-refractivity contribution in [2.75, 3.05) is 18.0 Å². The van der Waals surface area contributed by atoms with Gasteiger partial charge in [0.15, 0.2) is 0 Å². The summed E-state index contributed by atoms with van der Waals surface area (Å²) in [7, 11) is 0. The van der Waals surface area contributed by atoms with Crippen LogP contribution in [-0.2, 0) is 0 Å². The van der Waals surface area contributed by atoms with Crippen molar-refractivity contribution in [3.63, 3.8) is 0 Å². The molecule has 1 amide bonds. The van der Waals surface area contributed by atoms with Crippen LogP contribution in [0.3, 0.4) is 0 Å². The molecule has 1 N–H and O–H groups in total. The van der Waals surface area contributed by atoms with E-state index in [1.807, 2.05) is 29.2 Å². The topological polar surface area (TPSA) is 32.3 Å². The Labute approximate surface area is 125 Å². The molecular weight excluding hydrogens is 260 g/mol. The number of hydrogen-bond donors (Lipinski definition) is 1. The Bertz CT molecular complexity index is 680. The Hall–Kier alpha value is -1.87. The maximum Gasteiger partial charge on any atom is 0.258 e. The van der Waals surface area contributed by atoms with Gasteiger partial charge in [-0.1, -0.05) is 24.3 Å². The molecule has 1 aliphatic heterocycles. The summed E-state index contributed by atoms with van der Waals surface area (Å²) in [6.07, 6.45) is 0.952. The first-order chi connectivity index (χ1) is 9.97. The first kappa shape index (κ1) is 14.1. The lowest BCUT2D eigenvalue weighted by Gasteiger charge is -2.22. The van der Waals surface area contributed by atoms with Gasteiger partial charge in [0.25, 0.3) is 5.91 Å². The molecule has 110 valence electrons. The molecule has 21 heavy (non-hydrogen) atoms. The minimum Gasteiger partial charge on any atom is -0.312 e. The van der Waals surface area contributed by atoms with Crippen LogP contribution in [0.2, 0.25) is 0 Å². The minimum atomic E-state index is 0.123. The lowest BCUT2D eigenvalue weighted by Crippen LogP contribution is -2.38. The molecule has 0 saturated carbocycles. The number of rotatable bonds is 4. The SMILES string of the molecule is CC(C)(C)NCCCN1C(=O)c2cccc3cccc1c23. The van der Waals surface area contributed by atoms with Gasteiger partial charge >= 0.3 is 0 Å². The molecular formula is C18H22N2O. The zero-order valence-corrected chi connectivity index (χ0v) is 12.9. The van der Waals surface area contributed by atoms with Crippen molar-refractivity contribution < 1.29 is 4.79 Å². The average Bonchev–Trinajstić information content (AvgIpc) is 2.70. The molecule has 0 fully saturated rings. The van der Waals surface area contributed by atoms with E-state index < -0.39 is 0 Å². The van der Waals surface area contributed by atoms with E-state index in [-0.39, 0.29) is 11.4 Å². The van der Waals surface area contributed by atoms with Crippen molar-refractivity contribution in [1.82, 2.24) is 5.32 Å². The smallest absolute Gasteiger partial charge is 0.258 e. The molecule has 3 rings (SSSR count). The number of nitrogens with zero attached hydrogens (tertiary/aromatic N) is 1. The van der Waals surface area contributed by atoms with Gasteiger partial charge in [-0.25, -0.2) is 0 Å². The van der Waals surface area contributed by atoms with Crippen LogP contribution < -0.4 is 10.2 Å². The van der Waals surface area contributed by atoms with Crippen LogP contribution in [0.4, 0.5) is 5.69 Å². The lowest BCUT2D eigenvalue weighted by molar-refractivity contribution is 0.0993. The second kappa shape index (κ2) is 5.15. The summed E-state index contributed by atoms with van der Waals surface area (Å²) in [5.41, 5.74) is 2.02. The summed E-state index contributed by atoms with van der Waals surface area (Å²) >= 11 is 0. The second-order valence-electron chi connectivity index (χ2n) is 6.67. The van der Waals surface area contributed by atoms with Gasteiger partial charge in [-0.05, 0) is 51.3 Å². The van der Waals surface area contributed by atoms with Crippen molar-refractivity contribution >= 4 is 22.4 Å². The fourth-order valence-electron chi connectivity index (χ4n) is 2.90. The monoisotopic (exact) mass is 282 g/mol. The third kappa shape index (κ3) is 2.66. The van der Waals surface area contributed by atoms with Crippen molar-refractivity contribution in [2.45, 2.75) is 32.7 Å². The van der Waals surface area contributed by atoms with E-state index in [0.29, 0.717) is 0 Å². The Balaban J connectivity index is 1.77. The number of nitrogens with one attached hydrogen (secondary N) is 1. The molecule has 0 bridgehead atoms. The largest absolute Gasteiger partial charge is 0.312 e. The molecule has 2 aromatic rings. The van der Waals surface area contributed by atoms with Gasteiger partial charge in [0.2, 0.25) is 0 Å². The Kier molecular flexibility index (Phi) is 3.46. The van der Waals surface area contributed by atoms with Gasteiger partial charge in [0.1, 0.15) is 0 Å². The summed E-state index contributed by atoms with van der Waals surface area (Å²) in [5.74, 6) is 0.137. The first-order valence-electron chi connectivity index (χ1n) is 7.56. The summed E-state index contributed by atoms with van der Waals surface area (Å²) < 4.78 is 0. The van der Waals surface area contributed by atoms with E-state index in [9.17, 15) is 4.79 Å². The third-order valence-electron chi connectivity index (χ3n) is 3.86. The molecule has 0 unspecified atom stereocenters. The van der Waals surface area contributed by atoms with Gasteiger partial charge in [0, 0.05) is 23.0 Å². The highest BCUT2D eigenvalue weighted by Crippen LogP contribution is 2.36. The highest BCUT2D eigenvalue weighted by molar-refractivity contribution is 6.24. The van der Waals surface area contributed by atoms with E-state index in [2.05, 4.69) is 38.2 Å². The quantitative estimate of drug-likeness (QED) is 0.869. The minimum absolute atomic E-state index is 0.123. The number of carbonyl (C=O) groups excluding carboxylic acids is 1. The molecule has 1 aliphatic rings. The number of hydrogen-bond acceptors (Lipinski definition) is 2. The van der Waals surface area contributed by atoms with Gasteiger partial charge in [-0.3, -0.25) is 4.79 Å². The summed E-state index contributed by atoms with van der Waals surface area (Å²) in [6, 6.07) is 12.1. The molecule has 1 heterocycles. The Morgan fingerprint density at radius 2 is 1.81 bits per heavy atom. The lowest BCUT2D eigenvalue weighted by atomic mass is 10.1. The maximum absolute atomic E-state index is 12.6. The fourth-order valence-corrected chi connectivity index (χ4v) is 2.90. The maximum atomic E-state index is 12.6. The standard InChI is InChI=1S/C18H22N2O/c1-18(2,3)19-11-6-12-20-15-10-5-8-13-7-4-9-14(16(13)15)17(20)21/h4-5,7-10,19H,6,11-12H2,1-3H3. The zero-order chi connectivity index (χ0) is 15.0. The van der Waals surface area contributed by atoms with Gasteiger partial charge in [0.05, 0.1) is 5.69 Å². The molecule has 0 atom stereocenters. The van der Waals surface area contributed by atoms with Crippen molar-refractivity contribution in [1.29, 1.82) is 0 Å². The number of amides is 1. The van der Waals surface area contributed by atoms with Crippen molar-refractivity contribution in [3.05, 3.63) is 42.0 Å². The van der Waals surface area contributed by atoms with E-state index in [1.54, 1.807) is 0 Å². The van der Waals surface area contributed by atoms with Gasteiger partial charge in [-0.2, -0.15) is 0 Å². The van der Waals surface area contributed by atoms with Crippen LogP contribution in [0.1, 0.15) is 37.6 Å². The molecule has 0 aromatic heterocycles. The summed E-state index contributed by atoms with van der Waals surface area (Å²) in [6.45, 7) is 8.15.